The number of hydrogen-bond acceptors (Lipinski definition) is 5. The lowest BCUT2D eigenvalue weighted by molar-refractivity contribution is -0.116. The SMILES string of the molecule is CCc1ccc2nc(NC(=O)CCN3CCCS3(=O)=O)sc2c1. The predicted molar refractivity (Wildman–Crippen MR) is 92.2 cm³/mol. The summed E-state index contributed by atoms with van der Waals surface area (Å²) in [5, 5.41) is 3.33. The molecular formula is C15H19N3O3S2. The molecule has 1 saturated heterocycles. The first-order valence-electron chi connectivity index (χ1n) is 7.65. The number of amides is 1. The number of aromatic nitrogens is 1. The van der Waals surface area contributed by atoms with Crippen molar-refractivity contribution in [2.24, 2.45) is 0 Å². The first-order valence-corrected chi connectivity index (χ1v) is 10.1. The number of thiazole rings is 1. The van der Waals surface area contributed by atoms with Gasteiger partial charge in [-0.1, -0.05) is 24.3 Å². The van der Waals surface area contributed by atoms with Gasteiger partial charge in [0.15, 0.2) is 5.13 Å². The number of anilines is 1. The first kappa shape index (κ1) is 16.4. The van der Waals surface area contributed by atoms with Crippen molar-refractivity contribution in [1.29, 1.82) is 0 Å². The highest BCUT2D eigenvalue weighted by Crippen LogP contribution is 2.27. The van der Waals surface area contributed by atoms with Crippen LogP contribution >= 0.6 is 11.3 Å². The topological polar surface area (TPSA) is 79.4 Å². The Balaban J connectivity index is 1.61. The minimum atomic E-state index is -3.14. The summed E-state index contributed by atoms with van der Waals surface area (Å²) in [5.41, 5.74) is 2.10. The third-order valence-electron chi connectivity index (χ3n) is 3.90. The zero-order valence-corrected chi connectivity index (χ0v) is 14.5. The Morgan fingerprint density at radius 3 is 2.96 bits per heavy atom. The standard InChI is InChI=1S/C15H19N3O3S2/c1-2-11-4-5-12-13(10-11)22-15(16-12)17-14(19)6-8-18-7-3-9-23(18,20)21/h4-5,10H,2-3,6-9H2,1H3,(H,16,17,19). The van der Waals surface area contributed by atoms with Gasteiger partial charge in [-0.05, 0) is 30.5 Å². The number of nitrogens with zero attached hydrogens (tertiary/aromatic N) is 2. The number of nitrogens with one attached hydrogen (secondary N) is 1. The molecule has 1 aliphatic heterocycles. The molecule has 2 aromatic rings. The Kier molecular flexibility index (Phi) is 4.65. The number of benzene rings is 1. The zero-order chi connectivity index (χ0) is 16.4. The molecule has 1 N–H and O–H groups in total. The molecule has 1 aromatic carbocycles. The molecule has 0 radical (unpaired) electrons. The van der Waals surface area contributed by atoms with E-state index in [0.717, 1.165) is 16.6 Å². The highest BCUT2D eigenvalue weighted by Gasteiger charge is 2.28. The fourth-order valence-electron chi connectivity index (χ4n) is 2.59. The molecule has 1 fully saturated rings. The normalized spacial score (nSPS) is 17.6. The number of carbonyl (C=O) groups is 1. The van der Waals surface area contributed by atoms with Crippen molar-refractivity contribution >= 4 is 42.6 Å². The van der Waals surface area contributed by atoms with Gasteiger partial charge in [0.1, 0.15) is 0 Å². The second-order valence-electron chi connectivity index (χ2n) is 5.54. The van der Waals surface area contributed by atoms with Crippen molar-refractivity contribution in [1.82, 2.24) is 9.29 Å². The van der Waals surface area contributed by atoms with Crippen molar-refractivity contribution in [3.63, 3.8) is 0 Å². The molecule has 1 aromatic heterocycles. The van der Waals surface area contributed by atoms with Crippen LogP contribution in [0.4, 0.5) is 5.13 Å². The molecule has 1 aliphatic rings. The quantitative estimate of drug-likeness (QED) is 0.894. The van der Waals surface area contributed by atoms with E-state index in [1.54, 1.807) is 0 Å². The van der Waals surface area contributed by atoms with Gasteiger partial charge in [-0.2, -0.15) is 0 Å². The van der Waals surface area contributed by atoms with E-state index in [1.165, 1.54) is 21.2 Å². The highest BCUT2D eigenvalue weighted by molar-refractivity contribution is 7.89. The molecule has 0 unspecified atom stereocenters. The summed E-state index contributed by atoms with van der Waals surface area (Å²) in [7, 11) is -3.14. The third kappa shape index (κ3) is 3.70. The van der Waals surface area contributed by atoms with Crippen LogP contribution in [0.25, 0.3) is 10.2 Å². The number of carbonyl (C=O) groups excluding carboxylic acids is 1. The molecule has 2 heterocycles. The van der Waals surface area contributed by atoms with Gasteiger partial charge >= 0.3 is 0 Å². The van der Waals surface area contributed by atoms with Gasteiger partial charge < -0.3 is 5.32 Å². The largest absolute Gasteiger partial charge is 0.302 e. The Hall–Kier alpha value is -1.51. The summed E-state index contributed by atoms with van der Waals surface area (Å²) in [5.74, 6) is -0.0198. The van der Waals surface area contributed by atoms with E-state index < -0.39 is 10.0 Å². The summed E-state index contributed by atoms with van der Waals surface area (Å²) in [6.07, 6.45) is 1.75. The van der Waals surface area contributed by atoms with Gasteiger partial charge in [0.25, 0.3) is 0 Å². The lowest BCUT2D eigenvalue weighted by Crippen LogP contribution is -2.29. The average Bonchev–Trinajstić information content (AvgIpc) is 3.06. The third-order valence-corrected chi connectivity index (χ3v) is 6.79. The highest BCUT2D eigenvalue weighted by atomic mass is 32.2. The van der Waals surface area contributed by atoms with E-state index in [-0.39, 0.29) is 24.6 Å². The van der Waals surface area contributed by atoms with Crippen molar-refractivity contribution < 1.29 is 13.2 Å². The Morgan fingerprint density at radius 1 is 1.43 bits per heavy atom. The van der Waals surface area contributed by atoms with Crippen LogP contribution in [0.2, 0.25) is 0 Å². The minimum Gasteiger partial charge on any atom is -0.302 e. The molecule has 0 bridgehead atoms. The van der Waals surface area contributed by atoms with Crippen LogP contribution in [0, 0.1) is 0 Å². The van der Waals surface area contributed by atoms with Gasteiger partial charge in [0.2, 0.25) is 15.9 Å². The number of sulfonamides is 1. The second-order valence-corrected chi connectivity index (χ2v) is 8.66. The molecule has 0 spiro atoms. The van der Waals surface area contributed by atoms with Crippen molar-refractivity contribution in [3.8, 4) is 0 Å². The summed E-state index contributed by atoms with van der Waals surface area (Å²) in [4.78, 5) is 16.4. The molecule has 124 valence electrons. The van der Waals surface area contributed by atoms with Crippen LogP contribution < -0.4 is 5.32 Å². The number of rotatable bonds is 5. The summed E-state index contributed by atoms with van der Waals surface area (Å²) in [6, 6.07) is 6.07. The molecule has 0 aliphatic carbocycles. The van der Waals surface area contributed by atoms with E-state index >= 15 is 0 Å². The summed E-state index contributed by atoms with van der Waals surface area (Å²) in [6.45, 7) is 2.84. The predicted octanol–water partition coefficient (Wildman–Crippen LogP) is 2.22. The maximum Gasteiger partial charge on any atom is 0.227 e. The summed E-state index contributed by atoms with van der Waals surface area (Å²) >= 11 is 1.44. The fourth-order valence-corrected chi connectivity index (χ4v) is 5.07. The van der Waals surface area contributed by atoms with Crippen LogP contribution in [0.15, 0.2) is 18.2 Å². The monoisotopic (exact) mass is 353 g/mol. The lowest BCUT2D eigenvalue weighted by Gasteiger charge is -2.13. The van der Waals surface area contributed by atoms with Crippen LogP contribution in [0.1, 0.15) is 25.3 Å². The van der Waals surface area contributed by atoms with E-state index in [2.05, 4.69) is 23.3 Å². The molecular weight excluding hydrogens is 334 g/mol. The van der Waals surface area contributed by atoms with Gasteiger partial charge in [-0.15, -0.1) is 0 Å². The van der Waals surface area contributed by atoms with Crippen LogP contribution in [-0.4, -0.2) is 42.5 Å². The smallest absolute Gasteiger partial charge is 0.227 e. The Labute approximate surface area is 139 Å². The van der Waals surface area contributed by atoms with Gasteiger partial charge in [0, 0.05) is 19.5 Å². The van der Waals surface area contributed by atoms with Gasteiger partial charge in [-0.25, -0.2) is 17.7 Å². The van der Waals surface area contributed by atoms with Crippen molar-refractivity contribution in [2.75, 3.05) is 24.2 Å². The van der Waals surface area contributed by atoms with Crippen molar-refractivity contribution in [2.45, 2.75) is 26.2 Å². The van der Waals surface area contributed by atoms with E-state index in [0.29, 0.717) is 18.1 Å². The van der Waals surface area contributed by atoms with Crippen LogP contribution in [0.3, 0.4) is 0 Å². The van der Waals surface area contributed by atoms with Gasteiger partial charge in [-0.3, -0.25) is 4.79 Å². The second kappa shape index (κ2) is 6.54. The van der Waals surface area contributed by atoms with Crippen LogP contribution in [0.5, 0.6) is 0 Å². The Morgan fingerprint density at radius 2 is 2.26 bits per heavy atom. The maximum absolute atomic E-state index is 12.0. The molecule has 8 heteroatoms. The van der Waals surface area contributed by atoms with Gasteiger partial charge in [0.05, 0.1) is 16.0 Å². The molecule has 1 amide bonds. The lowest BCUT2D eigenvalue weighted by atomic mass is 10.2. The Bertz CT molecular complexity index is 830. The number of fused-ring (bicyclic) bond motifs is 1. The molecule has 0 atom stereocenters. The van der Waals surface area contributed by atoms with Crippen molar-refractivity contribution in [3.05, 3.63) is 23.8 Å². The molecule has 23 heavy (non-hydrogen) atoms. The molecule has 6 nitrogen and oxygen atoms in total. The van der Waals surface area contributed by atoms with Crippen LogP contribution in [-0.2, 0) is 21.2 Å². The minimum absolute atomic E-state index is 0.148. The number of hydrogen-bond donors (Lipinski definition) is 1. The maximum atomic E-state index is 12.0. The number of aryl methyl sites for hydroxylation is 1. The zero-order valence-electron chi connectivity index (χ0n) is 12.9. The summed E-state index contributed by atoms with van der Waals surface area (Å²) < 4.78 is 25.8. The van der Waals surface area contributed by atoms with E-state index in [1.807, 2.05) is 12.1 Å². The first-order chi connectivity index (χ1) is 11.0. The average molecular weight is 353 g/mol. The fraction of sp³-hybridized carbons (Fsp3) is 0.467. The van der Waals surface area contributed by atoms with E-state index in [4.69, 9.17) is 0 Å². The van der Waals surface area contributed by atoms with E-state index in [9.17, 15) is 13.2 Å². The molecule has 0 saturated carbocycles. The molecule has 3 rings (SSSR count).